The van der Waals surface area contributed by atoms with E-state index in [1.807, 2.05) is 0 Å². The minimum Gasteiger partial charge on any atom is -0.449 e. The quantitative estimate of drug-likeness (QED) is 0.648. The Hall–Kier alpha value is -3.06. The van der Waals surface area contributed by atoms with Crippen LogP contribution in [0.2, 0.25) is 0 Å². The largest absolute Gasteiger partial charge is 0.511 e. The van der Waals surface area contributed by atoms with Gasteiger partial charge in [-0.1, -0.05) is 36.4 Å². The summed E-state index contributed by atoms with van der Waals surface area (Å²) in [5.41, 5.74) is 0. The Morgan fingerprint density at radius 3 is 1.19 bits per heavy atom. The van der Waals surface area contributed by atoms with Crippen LogP contribution in [0, 0.1) is 0 Å². The van der Waals surface area contributed by atoms with Crippen molar-refractivity contribution in [3.63, 3.8) is 0 Å². The van der Waals surface area contributed by atoms with Gasteiger partial charge in [-0.2, -0.15) is 0 Å². The molecule has 0 aromatic heterocycles. The van der Waals surface area contributed by atoms with E-state index >= 15 is 0 Å². The Labute approximate surface area is 120 Å². The lowest BCUT2D eigenvalue weighted by Crippen LogP contribution is -2.02. The number of carbonyl (C=O) groups is 2. The lowest BCUT2D eigenvalue weighted by Gasteiger charge is -1.95. The summed E-state index contributed by atoms with van der Waals surface area (Å²) in [6.45, 7) is 0. The van der Waals surface area contributed by atoms with Crippen LogP contribution in [0.15, 0.2) is 60.7 Å². The number of hydrogen-bond acceptors (Lipinski definition) is 4. The minimum atomic E-state index is -1.29. The Balaban J connectivity index is 0.000000364. The average Bonchev–Trinajstić information content (AvgIpc) is 2.40. The van der Waals surface area contributed by atoms with Crippen LogP contribution in [0.4, 0.5) is 9.59 Å². The second-order valence-electron chi connectivity index (χ2n) is 3.36. The molecule has 112 valence electrons. The van der Waals surface area contributed by atoms with E-state index in [0.29, 0.717) is 11.5 Å². The van der Waals surface area contributed by atoms with Crippen LogP contribution in [-0.4, -0.2) is 28.0 Å². The molecule has 0 fully saturated rings. The molecule has 0 unspecified atom stereocenters. The van der Waals surface area contributed by atoms with Crippen molar-refractivity contribution >= 4 is 12.3 Å². The third-order valence-electron chi connectivity index (χ3n) is 1.90. The van der Waals surface area contributed by atoms with E-state index in [9.17, 15) is 9.59 Å². The highest BCUT2D eigenvalue weighted by Gasteiger charge is 1.97. The summed E-state index contributed by atoms with van der Waals surface area (Å²) < 4.78 is 8.66. The summed E-state index contributed by atoms with van der Waals surface area (Å²) in [6.07, 6.45) is -2.57. The summed E-state index contributed by atoms with van der Waals surface area (Å²) in [5, 5.41) is 16.3. The summed E-state index contributed by atoms with van der Waals surface area (Å²) in [4.78, 5) is 19.9. The number of benzene rings is 2. The van der Waals surface area contributed by atoms with Crippen molar-refractivity contribution in [1.82, 2.24) is 0 Å². The highest BCUT2D eigenvalue weighted by Crippen LogP contribution is 2.08. The topological polar surface area (TPSA) is 125 Å². The lowest BCUT2D eigenvalue weighted by atomic mass is 10.3. The maximum atomic E-state index is 9.95. The van der Waals surface area contributed by atoms with Crippen LogP contribution in [0.1, 0.15) is 0 Å². The first-order valence-electron chi connectivity index (χ1n) is 5.49. The smallest absolute Gasteiger partial charge is 0.449 e. The molecule has 2 aromatic carbocycles. The van der Waals surface area contributed by atoms with Gasteiger partial charge in [-0.05, 0) is 24.3 Å². The molecule has 0 heterocycles. The molecule has 0 atom stereocenters. The predicted molar refractivity (Wildman–Crippen MR) is 73.8 cm³/mol. The first kappa shape index (κ1) is 17.9. The molecule has 7 nitrogen and oxygen atoms in total. The maximum absolute atomic E-state index is 9.95. The SMILES string of the molecule is O.O=C(O)Oc1ccccc1.O=C(O)Oc1ccccc1. The molecular weight excluding hydrogens is 280 g/mol. The Morgan fingerprint density at radius 2 is 0.952 bits per heavy atom. The van der Waals surface area contributed by atoms with Crippen LogP contribution in [0.25, 0.3) is 0 Å². The zero-order chi connectivity index (χ0) is 14.8. The normalized spacial score (nSPS) is 8.38. The summed E-state index contributed by atoms with van der Waals surface area (Å²) in [6, 6.07) is 16.7. The van der Waals surface area contributed by atoms with E-state index in [1.54, 1.807) is 60.7 Å². The van der Waals surface area contributed by atoms with Crippen LogP contribution >= 0.6 is 0 Å². The highest BCUT2D eigenvalue weighted by molar-refractivity contribution is 5.61. The minimum absolute atomic E-state index is 0. The van der Waals surface area contributed by atoms with Crippen LogP contribution in [0.5, 0.6) is 11.5 Å². The highest BCUT2D eigenvalue weighted by atomic mass is 16.7. The second kappa shape index (κ2) is 9.82. The van der Waals surface area contributed by atoms with Gasteiger partial charge in [-0.3, -0.25) is 0 Å². The van der Waals surface area contributed by atoms with E-state index in [4.69, 9.17) is 10.2 Å². The van der Waals surface area contributed by atoms with Gasteiger partial charge < -0.3 is 25.2 Å². The van der Waals surface area contributed by atoms with E-state index in [0.717, 1.165) is 0 Å². The molecule has 0 amide bonds. The zero-order valence-corrected chi connectivity index (χ0v) is 10.8. The average molecular weight is 294 g/mol. The summed E-state index contributed by atoms with van der Waals surface area (Å²) in [7, 11) is 0. The third kappa shape index (κ3) is 8.62. The standard InChI is InChI=1S/2C7H6O3.H2O/c2*8-7(9)10-6-4-2-1-3-5-6;/h2*1-5H,(H,8,9);1H2. The molecule has 2 rings (SSSR count). The van der Waals surface area contributed by atoms with Gasteiger partial charge in [-0.15, -0.1) is 0 Å². The van der Waals surface area contributed by atoms with Gasteiger partial charge in [0.2, 0.25) is 0 Å². The van der Waals surface area contributed by atoms with Crippen LogP contribution < -0.4 is 9.47 Å². The molecule has 2 aromatic rings. The van der Waals surface area contributed by atoms with Gasteiger partial charge in [0, 0.05) is 0 Å². The van der Waals surface area contributed by atoms with Crippen molar-refractivity contribution < 1.29 is 34.8 Å². The molecule has 4 N–H and O–H groups in total. The van der Waals surface area contributed by atoms with Crippen molar-refractivity contribution in [3.8, 4) is 11.5 Å². The molecule has 0 saturated heterocycles. The predicted octanol–water partition coefficient (Wildman–Crippen LogP) is 2.66. The van der Waals surface area contributed by atoms with Gasteiger partial charge in [0.1, 0.15) is 11.5 Å². The van der Waals surface area contributed by atoms with Gasteiger partial charge in [0.15, 0.2) is 0 Å². The van der Waals surface area contributed by atoms with E-state index in [-0.39, 0.29) is 5.48 Å². The molecule has 21 heavy (non-hydrogen) atoms. The van der Waals surface area contributed by atoms with Gasteiger partial charge in [0.25, 0.3) is 0 Å². The molecular formula is C14H14O7. The first-order chi connectivity index (χ1) is 9.58. The third-order valence-corrected chi connectivity index (χ3v) is 1.90. The number of rotatable bonds is 2. The fourth-order valence-electron chi connectivity index (χ4n) is 1.18. The summed E-state index contributed by atoms with van der Waals surface area (Å²) >= 11 is 0. The monoisotopic (exact) mass is 294 g/mol. The second-order valence-corrected chi connectivity index (χ2v) is 3.36. The number of carboxylic acid groups (broad SMARTS) is 2. The molecule has 7 heteroatoms. The maximum Gasteiger partial charge on any atom is 0.511 e. The first-order valence-corrected chi connectivity index (χ1v) is 5.49. The van der Waals surface area contributed by atoms with Gasteiger partial charge >= 0.3 is 12.3 Å². The van der Waals surface area contributed by atoms with Gasteiger partial charge in [-0.25, -0.2) is 9.59 Å². The number of ether oxygens (including phenoxy) is 2. The number of hydrogen-bond donors (Lipinski definition) is 2. The fraction of sp³-hybridized carbons (Fsp3) is 0. The van der Waals surface area contributed by atoms with E-state index in [1.165, 1.54) is 0 Å². The lowest BCUT2D eigenvalue weighted by molar-refractivity contribution is 0.143. The van der Waals surface area contributed by atoms with Crippen LogP contribution in [-0.2, 0) is 0 Å². The zero-order valence-electron chi connectivity index (χ0n) is 10.8. The molecule has 0 spiro atoms. The van der Waals surface area contributed by atoms with Crippen molar-refractivity contribution in [2.75, 3.05) is 0 Å². The van der Waals surface area contributed by atoms with Crippen molar-refractivity contribution in [2.24, 2.45) is 0 Å². The summed E-state index contributed by atoms with van der Waals surface area (Å²) in [5.74, 6) is 0.685. The van der Waals surface area contributed by atoms with Crippen molar-refractivity contribution in [1.29, 1.82) is 0 Å². The molecule has 0 radical (unpaired) electrons. The molecule has 0 aliphatic carbocycles. The molecule has 0 aliphatic rings. The van der Waals surface area contributed by atoms with E-state index < -0.39 is 12.3 Å². The number of para-hydroxylation sites is 2. The Bertz CT molecular complexity index is 488. The van der Waals surface area contributed by atoms with Crippen LogP contribution in [0.3, 0.4) is 0 Å². The van der Waals surface area contributed by atoms with Gasteiger partial charge in [0.05, 0.1) is 0 Å². The van der Waals surface area contributed by atoms with Crippen molar-refractivity contribution in [2.45, 2.75) is 0 Å². The molecule has 0 saturated carbocycles. The molecule has 0 bridgehead atoms. The molecule has 0 aliphatic heterocycles. The van der Waals surface area contributed by atoms with Crippen molar-refractivity contribution in [3.05, 3.63) is 60.7 Å². The Kier molecular flexibility index (Phi) is 8.39. The van der Waals surface area contributed by atoms with E-state index in [2.05, 4.69) is 9.47 Å². The fourth-order valence-corrected chi connectivity index (χ4v) is 1.18. The Morgan fingerprint density at radius 1 is 0.667 bits per heavy atom.